The Morgan fingerprint density at radius 1 is 1.17 bits per heavy atom. The topological polar surface area (TPSA) is 116 Å². The number of rotatable bonds is 6. The Kier molecular flexibility index (Phi) is 6.42. The molecule has 0 unspecified atom stereocenters. The SMILES string of the molecule is CO[C@H]1C(=O)N2C(C(=O)OCc3ccc(Cl)c(Cl)c3)=C(COC(C)=O)CS(=O)(=O)[C@H]12. The normalized spacial score (nSPS) is 22.3. The highest BCUT2D eigenvalue weighted by Gasteiger charge is 2.60. The number of carbonyl (C=O) groups is 3. The highest BCUT2D eigenvalue weighted by atomic mass is 35.5. The predicted molar refractivity (Wildman–Crippen MR) is 105 cm³/mol. The molecule has 2 heterocycles. The molecule has 1 fully saturated rings. The number of nitrogens with zero attached hydrogens (tertiary/aromatic N) is 1. The molecule has 30 heavy (non-hydrogen) atoms. The van der Waals surface area contributed by atoms with Crippen LogP contribution in [0.5, 0.6) is 0 Å². The summed E-state index contributed by atoms with van der Waals surface area (Å²) >= 11 is 11.8. The standard InChI is InChI=1S/C18H17Cl2NO8S/c1-9(22)28-7-11-8-30(25,26)17-15(27-2)16(23)21(17)14(11)18(24)29-6-10-3-4-12(19)13(20)5-10/h3-5,15,17H,6-8H2,1-2H3/t15-,17+/m0/s1. The van der Waals surface area contributed by atoms with E-state index in [-0.39, 0.29) is 22.9 Å². The number of fused-ring (bicyclic) bond motifs is 1. The van der Waals surface area contributed by atoms with Crippen molar-refractivity contribution in [1.29, 1.82) is 0 Å². The van der Waals surface area contributed by atoms with Crippen molar-refractivity contribution in [3.05, 3.63) is 45.1 Å². The number of benzene rings is 1. The third-order valence-electron chi connectivity index (χ3n) is 4.56. The molecule has 9 nitrogen and oxygen atoms in total. The lowest BCUT2D eigenvalue weighted by molar-refractivity contribution is -0.164. The Hall–Kier alpha value is -2.14. The lowest BCUT2D eigenvalue weighted by Gasteiger charge is -2.48. The third kappa shape index (κ3) is 4.18. The van der Waals surface area contributed by atoms with Crippen LogP contribution in [0.15, 0.2) is 29.5 Å². The Labute approximate surface area is 182 Å². The van der Waals surface area contributed by atoms with E-state index in [9.17, 15) is 22.8 Å². The van der Waals surface area contributed by atoms with E-state index in [1.807, 2.05) is 0 Å². The van der Waals surface area contributed by atoms with Crippen molar-refractivity contribution < 1.29 is 37.0 Å². The summed E-state index contributed by atoms with van der Waals surface area (Å²) in [6, 6.07) is 4.64. The number of halogens is 2. The zero-order valence-corrected chi connectivity index (χ0v) is 18.2. The summed E-state index contributed by atoms with van der Waals surface area (Å²) in [7, 11) is -2.66. The Morgan fingerprint density at radius 2 is 1.87 bits per heavy atom. The minimum absolute atomic E-state index is 0.0523. The van der Waals surface area contributed by atoms with Crippen LogP contribution in [0.25, 0.3) is 0 Å². The summed E-state index contributed by atoms with van der Waals surface area (Å²) in [5.41, 5.74) is 0.211. The minimum Gasteiger partial charge on any atom is -0.461 e. The fraction of sp³-hybridized carbons (Fsp3) is 0.389. The van der Waals surface area contributed by atoms with E-state index < -0.39 is 51.5 Å². The van der Waals surface area contributed by atoms with Gasteiger partial charge in [-0.25, -0.2) is 13.2 Å². The van der Waals surface area contributed by atoms with Crippen molar-refractivity contribution in [2.75, 3.05) is 19.5 Å². The number of hydrogen-bond acceptors (Lipinski definition) is 8. The number of ether oxygens (including phenoxy) is 3. The van der Waals surface area contributed by atoms with Gasteiger partial charge in [-0.1, -0.05) is 29.3 Å². The second kappa shape index (κ2) is 8.54. The molecule has 1 aromatic carbocycles. The average Bonchev–Trinajstić information content (AvgIpc) is 2.67. The molecule has 3 rings (SSSR count). The van der Waals surface area contributed by atoms with Crippen molar-refractivity contribution in [2.45, 2.75) is 25.0 Å². The van der Waals surface area contributed by atoms with Gasteiger partial charge in [-0.2, -0.15) is 0 Å². The van der Waals surface area contributed by atoms with Gasteiger partial charge >= 0.3 is 11.9 Å². The van der Waals surface area contributed by atoms with Gasteiger partial charge in [-0.05, 0) is 17.7 Å². The van der Waals surface area contributed by atoms with E-state index in [2.05, 4.69) is 0 Å². The average molecular weight is 478 g/mol. The molecular formula is C18H17Cl2NO8S. The van der Waals surface area contributed by atoms with Crippen LogP contribution in [0.1, 0.15) is 12.5 Å². The van der Waals surface area contributed by atoms with Crippen LogP contribution in [0.2, 0.25) is 10.0 Å². The highest BCUT2D eigenvalue weighted by molar-refractivity contribution is 7.92. The number of methoxy groups -OCH3 is 1. The number of amides is 1. The number of esters is 2. The van der Waals surface area contributed by atoms with E-state index in [0.29, 0.717) is 10.6 Å². The van der Waals surface area contributed by atoms with Gasteiger partial charge in [0.25, 0.3) is 5.91 Å². The molecule has 1 amide bonds. The second-order valence-corrected chi connectivity index (χ2v) is 9.53. The van der Waals surface area contributed by atoms with Crippen molar-refractivity contribution >= 4 is 50.9 Å². The molecule has 2 aliphatic heterocycles. The van der Waals surface area contributed by atoms with Gasteiger partial charge in [-0.15, -0.1) is 0 Å². The maximum Gasteiger partial charge on any atom is 0.355 e. The Balaban J connectivity index is 1.91. The van der Waals surface area contributed by atoms with Gasteiger partial charge in [0.05, 0.1) is 15.8 Å². The summed E-state index contributed by atoms with van der Waals surface area (Å²) in [6.45, 7) is 0.464. The smallest absolute Gasteiger partial charge is 0.355 e. The van der Waals surface area contributed by atoms with Gasteiger partial charge in [0.2, 0.25) is 0 Å². The zero-order valence-electron chi connectivity index (χ0n) is 15.9. The van der Waals surface area contributed by atoms with Crippen LogP contribution in [0, 0.1) is 0 Å². The first-order chi connectivity index (χ1) is 14.1. The summed E-state index contributed by atoms with van der Waals surface area (Å²) in [5.74, 6) is -2.89. The number of hydrogen-bond donors (Lipinski definition) is 0. The van der Waals surface area contributed by atoms with Crippen LogP contribution < -0.4 is 0 Å². The van der Waals surface area contributed by atoms with Gasteiger partial charge < -0.3 is 14.2 Å². The Morgan fingerprint density at radius 3 is 2.47 bits per heavy atom. The van der Waals surface area contributed by atoms with Gasteiger partial charge in [-0.3, -0.25) is 14.5 Å². The van der Waals surface area contributed by atoms with Gasteiger partial charge in [0, 0.05) is 19.6 Å². The number of sulfone groups is 1. The summed E-state index contributed by atoms with van der Waals surface area (Å²) in [4.78, 5) is 37.2. The molecule has 0 radical (unpaired) electrons. The van der Waals surface area contributed by atoms with Crippen LogP contribution in [-0.4, -0.2) is 62.1 Å². The molecule has 0 aromatic heterocycles. The van der Waals surface area contributed by atoms with E-state index in [1.165, 1.54) is 19.2 Å². The molecule has 12 heteroatoms. The molecule has 2 atom stereocenters. The number of β-lactam (4-membered cyclic amide) rings is 1. The molecule has 0 aliphatic carbocycles. The van der Waals surface area contributed by atoms with Crippen LogP contribution in [-0.2, 0) is 45.0 Å². The molecular weight excluding hydrogens is 461 g/mol. The lowest BCUT2D eigenvalue weighted by atomic mass is 10.1. The van der Waals surface area contributed by atoms with Crippen molar-refractivity contribution in [1.82, 2.24) is 4.90 Å². The maximum atomic E-state index is 12.8. The summed E-state index contributed by atoms with van der Waals surface area (Å²) in [6.07, 6.45) is -1.22. The second-order valence-electron chi connectivity index (χ2n) is 6.62. The summed E-state index contributed by atoms with van der Waals surface area (Å²) < 4.78 is 40.3. The molecule has 0 N–H and O–H groups in total. The van der Waals surface area contributed by atoms with Crippen molar-refractivity contribution in [2.24, 2.45) is 0 Å². The monoisotopic (exact) mass is 477 g/mol. The Bertz CT molecular complexity index is 1050. The van der Waals surface area contributed by atoms with E-state index in [1.54, 1.807) is 6.07 Å². The van der Waals surface area contributed by atoms with Crippen molar-refractivity contribution in [3.63, 3.8) is 0 Å². The highest BCUT2D eigenvalue weighted by Crippen LogP contribution is 2.38. The van der Waals surface area contributed by atoms with E-state index in [0.717, 1.165) is 11.8 Å². The predicted octanol–water partition coefficient (Wildman–Crippen LogP) is 1.47. The van der Waals surface area contributed by atoms with E-state index >= 15 is 0 Å². The van der Waals surface area contributed by atoms with Crippen LogP contribution >= 0.6 is 23.2 Å². The van der Waals surface area contributed by atoms with Crippen LogP contribution in [0.4, 0.5) is 0 Å². The quantitative estimate of drug-likeness (QED) is 0.446. The fourth-order valence-electron chi connectivity index (χ4n) is 3.20. The fourth-order valence-corrected chi connectivity index (χ4v) is 5.53. The molecule has 1 saturated heterocycles. The summed E-state index contributed by atoms with van der Waals surface area (Å²) in [5, 5.41) is -0.747. The largest absolute Gasteiger partial charge is 0.461 e. The molecule has 2 aliphatic rings. The van der Waals surface area contributed by atoms with Crippen molar-refractivity contribution in [3.8, 4) is 0 Å². The molecule has 0 spiro atoms. The molecule has 0 bridgehead atoms. The maximum absolute atomic E-state index is 12.8. The lowest BCUT2D eigenvalue weighted by Crippen LogP contribution is -2.70. The first kappa shape index (κ1) is 22.5. The zero-order chi connectivity index (χ0) is 22.2. The first-order valence-corrected chi connectivity index (χ1v) is 11.1. The molecule has 1 aromatic rings. The number of carbonyl (C=O) groups excluding carboxylic acids is 3. The van der Waals surface area contributed by atoms with Gasteiger partial charge in [0.15, 0.2) is 21.3 Å². The first-order valence-electron chi connectivity index (χ1n) is 8.60. The molecule has 162 valence electrons. The molecule has 0 saturated carbocycles. The third-order valence-corrected chi connectivity index (χ3v) is 7.25. The van der Waals surface area contributed by atoms with Crippen LogP contribution in [0.3, 0.4) is 0 Å². The van der Waals surface area contributed by atoms with Gasteiger partial charge in [0.1, 0.15) is 18.9 Å². The minimum atomic E-state index is -3.87. The van der Waals surface area contributed by atoms with E-state index in [4.69, 9.17) is 37.4 Å².